The predicted octanol–water partition coefficient (Wildman–Crippen LogP) is 8.98. The summed E-state index contributed by atoms with van der Waals surface area (Å²) in [6.45, 7) is 7.77. The largest absolute Gasteiger partial charge is 0.494 e. The first-order valence-electron chi connectivity index (χ1n) is 19.3. The molecule has 2 amide bonds. The molecule has 64 heavy (non-hydrogen) atoms. The topological polar surface area (TPSA) is 177 Å². The van der Waals surface area contributed by atoms with Crippen LogP contribution in [0.2, 0.25) is 0 Å². The Kier molecular flexibility index (Phi) is 12.5. The van der Waals surface area contributed by atoms with Crippen molar-refractivity contribution >= 4 is 45.5 Å². The Labute approximate surface area is 359 Å². The lowest BCUT2D eigenvalue weighted by atomic mass is 10.1. The van der Waals surface area contributed by atoms with Crippen LogP contribution in [0, 0.1) is 13.8 Å². The second kappa shape index (κ2) is 18.2. The first-order valence-corrected chi connectivity index (χ1v) is 19.3. The normalized spacial score (nSPS) is 11.5. The summed E-state index contributed by atoms with van der Waals surface area (Å²) in [5.41, 5.74) is 2.73. The van der Waals surface area contributed by atoms with Gasteiger partial charge in [-0.3, -0.25) is 23.7 Å². The lowest BCUT2D eigenvalue weighted by Gasteiger charge is -2.11. The number of amides is 2. The van der Waals surface area contributed by atoms with Crippen LogP contribution in [-0.2, 0) is 12.4 Å². The minimum Gasteiger partial charge on any atom is -0.494 e. The molecular weight excluding hydrogens is 849 g/mol. The van der Waals surface area contributed by atoms with Crippen LogP contribution in [0.3, 0.4) is 0 Å². The first-order chi connectivity index (χ1) is 30.5. The average Bonchev–Trinajstić information content (AvgIpc) is 3.85. The molecule has 0 atom stereocenters. The highest BCUT2D eigenvalue weighted by molar-refractivity contribution is 6.05. The molecule has 0 saturated carbocycles. The molecule has 0 bridgehead atoms. The fourth-order valence-electron chi connectivity index (χ4n) is 6.40. The number of alkyl halides is 6. The van der Waals surface area contributed by atoms with Gasteiger partial charge in [0.15, 0.2) is 23.3 Å². The Morgan fingerprint density at radius 3 is 1.48 bits per heavy atom. The van der Waals surface area contributed by atoms with E-state index in [2.05, 4.69) is 45.5 Å². The lowest BCUT2D eigenvalue weighted by molar-refractivity contribution is -0.146. The minimum atomic E-state index is -4.72. The van der Waals surface area contributed by atoms with Crippen molar-refractivity contribution < 1.29 is 45.4 Å². The van der Waals surface area contributed by atoms with E-state index in [-0.39, 0.29) is 45.3 Å². The zero-order valence-corrected chi connectivity index (χ0v) is 34.2. The summed E-state index contributed by atoms with van der Waals surface area (Å²) in [5, 5.41) is 5.16. The smallest absolute Gasteiger partial charge is 0.450 e. The molecule has 0 radical (unpaired) electrons. The van der Waals surface area contributed by atoms with Gasteiger partial charge >= 0.3 is 12.4 Å². The number of anilines is 2. The molecule has 0 fully saturated rings. The molecule has 0 aliphatic heterocycles. The Morgan fingerprint density at radius 2 is 1.06 bits per heavy atom. The van der Waals surface area contributed by atoms with Crippen molar-refractivity contribution in [2.75, 3.05) is 23.8 Å². The highest BCUT2D eigenvalue weighted by Crippen LogP contribution is 2.36. The maximum atomic E-state index is 13.7. The quantitative estimate of drug-likeness (QED) is 0.125. The van der Waals surface area contributed by atoms with Crippen LogP contribution < -0.4 is 20.1 Å². The van der Waals surface area contributed by atoms with Gasteiger partial charge in [0.1, 0.15) is 11.5 Å². The van der Waals surface area contributed by atoms with E-state index >= 15 is 0 Å². The molecule has 0 aliphatic rings. The van der Waals surface area contributed by atoms with E-state index in [0.29, 0.717) is 41.5 Å². The fourth-order valence-corrected chi connectivity index (χ4v) is 6.40. The zero-order valence-electron chi connectivity index (χ0n) is 34.2. The van der Waals surface area contributed by atoms with E-state index in [9.17, 15) is 35.9 Å². The standard InChI is InChI=1S/C22H18F3N5O2.C21H17F3N6O2/c1-3-32-14-8-9-17-16(10-14)28-21(22(23,24)25)30(17)19-12-26-18(11-27-19)29-20(31)15-7-5-4-6-13(15)2;1-3-32-13-6-7-16-15(9-13)28-20(21(22,23)24)30(16)18-11-26-17(10-27-18)29-19(31)14-5-4-8-25-12(14)2/h4-12H,3H2,1-2H3,(H,26,29,31);4-11H,3H2,1-2H3,(H,26,29,31). The van der Waals surface area contributed by atoms with Crippen LogP contribution in [0.25, 0.3) is 33.7 Å². The van der Waals surface area contributed by atoms with Crippen molar-refractivity contribution in [2.45, 2.75) is 40.0 Å². The monoisotopic (exact) mass is 883 g/mol. The third-order valence-electron chi connectivity index (χ3n) is 9.24. The molecule has 0 spiro atoms. The highest BCUT2D eigenvalue weighted by atomic mass is 19.4. The van der Waals surface area contributed by atoms with Gasteiger partial charge in [-0.15, -0.1) is 0 Å². The number of aromatic nitrogens is 9. The van der Waals surface area contributed by atoms with E-state index in [1.165, 1.54) is 36.7 Å². The second-order valence-corrected chi connectivity index (χ2v) is 13.6. The first kappa shape index (κ1) is 44.1. The molecule has 0 saturated heterocycles. The summed E-state index contributed by atoms with van der Waals surface area (Å²) < 4.78 is 94.5. The number of halogens is 6. The van der Waals surface area contributed by atoms with E-state index in [0.717, 1.165) is 27.1 Å². The number of rotatable bonds is 10. The Bertz CT molecular complexity index is 2770. The second-order valence-electron chi connectivity index (χ2n) is 13.6. The number of hydrogen-bond acceptors (Lipinski definition) is 11. The number of ether oxygens (including phenoxy) is 2. The van der Waals surface area contributed by atoms with Gasteiger partial charge in [0, 0.05) is 29.6 Å². The molecule has 328 valence electrons. The molecule has 0 aliphatic carbocycles. The Balaban J connectivity index is 0.000000191. The van der Waals surface area contributed by atoms with Crippen LogP contribution in [0.15, 0.2) is 104 Å². The van der Waals surface area contributed by atoms with Crippen LogP contribution in [-0.4, -0.2) is 69.1 Å². The zero-order chi connectivity index (χ0) is 45.8. The van der Waals surface area contributed by atoms with E-state index in [4.69, 9.17) is 9.47 Å². The van der Waals surface area contributed by atoms with E-state index < -0.39 is 35.8 Å². The minimum absolute atomic E-state index is 0.0821. The number of fused-ring (bicyclic) bond motifs is 2. The Hall–Kier alpha value is -7.97. The number of nitrogens with zero attached hydrogens (tertiary/aromatic N) is 9. The summed E-state index contributed by atoms with van der Waals surface area (Å²) in [6, 6.07) is 19.2. The predicted molar refractivity (Wildman–Crippen MR) is 222 cm³/mol. The van der Waals surface area contributed by atoms with Gasteiger partial charge < -0.3 is 20.1 Å². The number of benzene rings is 3. The molecule has 21 heteroatoms. The number of nitrogens with one attached hydrogen (secondary N) is 2. The van der Waals surface area contributed by atoms with Gasteiger partial charge in [-0.25, -0.2) is 29.9 Å². The van der Waals surface area contributed by atoms with Crippen molar-refractivity contribution in [1.82, 2.24) is 44.0 Å². The number of pyridine rings is 1. The highest BCUT2D eigenvalue weighted by Gasteiger charge is 2.39. The van der Waals surface area contributed by atoms with Crippen molar-refractivity contribution in [3.63, 3.8) is 0 Å². The molecule has 3 aromatic carbocycles. The van der Waals surface area contributed by atoms with Crippen molar-refractivity contribution in [1.29, 1.82) is 0 Å². The number of imidazole rings is 2. The van der Waals surface area contributed by atoms with Gasteiger partial charge in [0.05, 0.1) is 65.6 Å². The molecule has 5 aromatic heterocycles. The SMILES string of the molecule is CCOc1ccc2c(c1)nc(C(F)(F)F)n2-c1cnc(NC(=O)c2ccccc2C)cn1.CCOc1ccc2c(c1)nc(C(F)(F)F)n2-c1cnc(NC(=O)c2cccnc2C)cn1. The summed E-state index contributed by atoms with van der Waals surface area (Å²) in [7, 11) is 0. The van der Waals surface area contributed by atoms with Crippen LogP contribution in [0.5, 0.6) is 11.5 Å². The van der Waals surface area contributed by atoms with Gasteiger partial charge in [0.25, 0.3) is 11.8 Å². The van der Waals surface area contributed by atoms with Gasteiger partial charge in [0.2, 0.25) is 11.6 Å². The summed E-state index contributed by atoms with van der Waals surface area (Å²) in [4.78, 5) is 52.6. The lowest BCUT2D eigenvalue weighted by Crippen LogP contribution is -2.17. The van der Waals surface area contributed by atoms with Crippen LogP contribution in [0.4, 0.5) is 38.0 Å². The molecule has 0 unspecified atom stereocenters. The summed E-state index contributed by atoms with van der Waals surface area (Å²) in [5.74, 6) is -2.28. The number of hydrogen-bond donors (Lipinski definition) is 2. The molecule has 5 heterocycles. The van der Waals surface area contributed by atoms with Crippen molar-refractivity contribution in [3.05, 3.63) is 138 Å². The van der Waals surface area contributed by atoms with Gasteiger partial charge in [-0.2, -0.15) is 26.3 Å². The van der Waals surface area contributed by atoms with Gasteiger partial charge in [-0.1, -0.05) is 18.2 Å². The number of carbonyl (C=O) groups excluding carboxylic acids is 2. The third-order valence-corrected chi connectivity index (χ3v) is 9.24. The molecule has 15 nitrogen and oxygen atoms in total. The van der Waals surface area contributed by atoms with Crippen molar-refractivity contribution in [2.24, 2.45) is 0 Å². The van der Waals surface area contributed by atoms with Crippen molar-refractivity contribution in [3.8, 4) is 23.1 Å². The molecule has 8 aromatic rings. The van der Waals surface area contributed by atoms with E-state index in [1.807, 2.05) is 6.07 Å². The maximum absolute atomic E-state index is 13.7. The van der Waals surface area contributed by atoms with Crippen LogP contribution in [0.1, 0.15) is 57.5 Å². The average molecular weight is 884 g/mol. The summed E-state index contributed by atoms with van der Waals surface area (Å²) >= 11 is 0. The number of carbonyl (C=O) groups is 2. The van der Waals surface area contributed by atoms with E-state index in [1.54, 1.807) is 76.4 Å². The molecular formula is C43H35F6N11O4. The molecule has 8 rings (SSSR count). The number of aryl methyl sites for hydroxylation is 2. The Morgan fingerprint density at radius 1 is 0.594 bits per heavy atom. The maximum Gasteiger partial charge on any atom is 0.450 e. The molecule has 2 N–H and O–H groups in total. The third kappa shape index (κ3) is 9.57. The van der Waals surface area contributed by atoms with Crippen LogP contribution >= 0.6 is 0 Å². The summed E-state index contributed by atoms with van der Waals surface area (Å²) in [6.07, 6.45) is -3.21. The van der Waals surface area contributed by atoms with Gasteiger partial charge in [-0.05, 0) is 75.7 Å². The fraction of sp³-hybridized carbons (Fsp3) is 0.186.